The first kappa shape index (κ1) is 10.3. The summed E-state index contributed by atoms with van der Waals surface area (Å²) in [6, 6.07) is 0. The number of carbonyl (C=O) groups is 1. The number of carboxylic acid groups (broad SMARTS) is 1. The Bertz CT molecular complexity index is 646. The van der Waals surface area contributed by atoms with E-state index in [1.807, 2.05) is 0 Å². The lowest BCUT2D eigenvalue weighted by atomic mass is 10.2. The van der Waals surface area contributed by atoms with Gasteiger partial charge < -0.3 is 9.67 Å². The van der Waals surface area contributed by atoms with Crippen molar-refractivity contribution in [1.29, 1.82) is 0 Å². The van der Waals surface area contributed by atoms with Crippen molar-refractivity contribution in [1.82, 2.24) is 14.5 Å². The molecule has 2 rings (SSSR count). The van der Waals surface area contributed by atoms with Crippen molar-refractivity contribution in [3.63, 3.8) is 0 Å². The summed E-state index contributed by atoms with van der Waals surface area (Å²) < 4.78 is 1.21. The Morgan fingerprint density at radius 2 is 2.19 bits per heavy atom. The Morgan fingerprint density at radius 1 is 1.50 bits per heavy atom. The van der Waals surface area contributed by atoms with E-state index in [0.29, 0.717) is 5.82 Å². The van der Waals surface area contributed by atoms with Crippen molar-refractivity contribution in [3.05, 3.63) is 34.1 Å². The second-order valence-corrected chi connectivity index (χ2v) is 3.44. The number of pyridine rings is 1. The van der Waals surface area contributed by atoms with Gasteiger partial charge in [0.25, 0.3) is 5.56 Å². The third kappa shape index (κ3) is 1.44. The van der Waals surface area contributed by atoms with Crippen molar-refractivity contribution in [3.8, 4) is 0 Å². The minimum atomic E-state index is -1.11. The molecular weight excluding hydrogens is 210 g/mol. The molecule has 0 aromatic carbocycles. The van der Waals surface area contributed by atoms with Crippen LogP contribution < -0.4 is 5.56 Å². The quantitative estimate of drug-likeness (QED) is 0.747. The number of rotatable bonds is 1. The fourth-order valence-corrected chi connectivity index (χ4v) is 1.49. The summed E-state index contributed by atoms with van der Waals surface area (Å²) in [6.45, 7) is 1.64. The molecule has 0 unspecified atom stereocenters. The van der Waals surface area contributed by atoms with Crippen LogP contribution in [0.15, 0.2) is 17.2 Å². The zero-order valence-electron chi connectivity index (χ0n) is 8.76. The van der Waals surface area contributed by atoms with Crippen LogP contribution in [0.4, 0.5) is 0 Å². The molecule has 0 radical (unpaired) electrons. The number of aromatic carboxylic acids is 1. The number of hydrogen-bond donors (Lipinski definition) is 1. The molecule has 6 nitrogen and oxygen atoms in total. The SMILES string of the molecule is Cc1ncc2c(=O)n(C)cc(C(=O)O)c2n1. The standard InChI is InChI=1S/C10H9N3O3/c1-5-11-3-6-8(12-5)7(10(15)16)4-13(2)9(6)14/h3-4H,1-2H3,(H,15,16). The Balaban J connectivity index is 3.01. The Morgan fingerprint density at radius 3 is 2.81 bits per heavy atom. The average Bonchev–Trinajstić information content (AvgIpc) is 2.22. The van der Waals surface area contributed by atoms with E-state index in [1.165, 1.54) is 24.0 Å². The summed E-state index contributed by atoms with van der Waals surface area (Å²) in [7, 11) is 1.49. The number of aromatic nitrogens is 3. The molecule has 0 bridgehead atoms. The van der Waals surface area contributed by atoms with Gasteiger partial charge in [0.2, 0.25) is 0 Å². The van der Waals surface area contributed by atoms with Gasteiger partial charge in [0.1, 0.15) is 11.4 Å². The van der Waals surface area contributed by atoms with Gasteiger partial charge in [-0.15, -0.1) is 0 Å². The molecule has 2 heterocycles. The summed E-state index contributed by atoms with van der Waals surface area (Å²) in [6.07, 6.45) is 2.62. The molecule has 16 heavy (non-hydrogen) atoms. The monoisotopic (exact) mass is 219 g/mol. The van der Waals surface area contributed by atoms with Gasteiger partial charge >= 0.3 is 5.97 Å². The first-order valence-corrected chi connectivity index (χ1v) is 4.57. The lowest BCUT2D eigenvalue weighted by molar-refractivity contribution is 0.0698. The highest BCUT2D eigenvalue weighted by atomic mass is 16.4. The number of hydrogen-bond acceptors (Lipinski definition) is 4. The van der Waals surface area contributed by atoms with Gasteiger partial charge in [0.05, 0.1) is 10.9 Å². The second kappa shape index (κ2) is 3.41. The minimum Gasteiger partial charge on any atom is -0.478 e. The average molecular weight is 219 g/mol. The summed E-state index contributed by atoms with van der Waals surface area (Å²) >= 11 is 0. The van der Waals surface area contributed by atoms with Gasteiger partial charge in [-0.1, -0.05) is 0 Å². The van der Waals surface area contributed by atoms with Crippen LogP contribution in [-0.4, -0.2) is 25.6 Å². The maximum Gasteiger partial charge on any atom is 0.339 e. The van der Waals surface area contributed by atoms with Crippen molar-refractivity contribution in [2.45, 2.75) is 6.92 Å². The third-order valence-electron chi connectivity index (χ3n) is 2.27. The Hall–Kier alpha value is -2.24. The maximum absolute atomic E-state index is 11.7. The zero-order valence-corrected chi connectivity index (χ0v) is 8.76. The van der Waals surface area contributed by atoms with E-state index in [9.17, 15) is 9.59 Å². The zero-order chi connectivity index (χ0) is 11.9. The van der Waals surface area contributed by atoms with Crippen molar-refractivity contribution < 1.29 is 9.90 Å². The molecule has 82 valence electrons. The highest BCUT2D eigenvalue weighted by Gasteiger charge is 2.14. The topological polar surface area (TPSA) is 85.1 Å². The van der Waals surface area contributed by atoms with Crippen LogP contribution in [0.25, 0.3) is 10.9 Å². The summed E-state index contributed by atoms with van der Waals surface area (Å²) in [5, 5.41) is 9.23. The lowest BCUT2D eigenvalue weighted by Gasteiger charge is -2.04. The molecule has 0 atom stereocenters. The molecule has 0 amide bonds. The molecule has 2 aromatic rings. The van der Waals surface area contributed by atoms with Gasteiger partial charge in [-0.2, -0.15) is 0 Å². The van der Waals surface area contributed by atoms with Crippen LogP contribution in [0.5, 0.6) is 0 Å². The van der Waals surface area contributed by atoms with Crippen molar-refractivity contribution in [2.75, 3.05) is 0 Å². The normalized spacial score (nSPS) is 10.6. The molecule has 0 aliphatic rings. The van der Waals surface area contributed by atoms with Crippen LogP contribution in [-0.2, 0) is 7.05 Å². The van der Waals surface area contributed by atoms with Gasteiger partial charge in [0, 0.05) is 19.4 Å². The van der Waals surface area contributed by atoms with Crippen molar-refractivity contribution >= 4 is 16.9 Å². The van der Waals surface area contributed by atoms with E-state index in [1.54, 1.807) is 6.92 Å². The fraction of sp³-hybridized carbons (Fsp3) is 0.200. The fourth-order valence-electron chi connectivity index (χ4n) is 1.49. The summed E-state index contributed by atoms with van der Waals surface area (Å²) in [5.74, 6) is -0.679. The van der Waals surface area contributed by atoms with Crippen LogP contribution >= 0.6 is 0 Å². The van der Waals surface area contributed by atoms with E-state index >= 15 is 0 Å². The van der Waals surface area contributed by atoms with Gasteiger partial charge in [-0.3, -0.25) is 4.79 Å². The van der Waals surface area contributed by atoms with Gasteiger partial charge in [-0.25, -0.2) is 14.8 Å². The number of aryl methyl sites for hydroxylation is 2. The molecule has 0 saturated carbocycles. The van der Waals surface area contributed by atoms with Crippen LogP contribution in [0.1, 0.15) is 16.2 Å². The Kier molecular flexibility index (Phi) is 2.19. The Labute approximate surface area is 90.2 Å². The smallest absolute Gasteiger partial charge is 0.339 e. The van der Waals surface area contributed by atoms with Crippen molar-refractivity contribution in [2.24, 2.45) is 7.05 Å². The van der Waals surface area contributed by atoms with E-state index in [-0.39, 0.29) is 22.0 Å². The van der Waals surface area contributed by atoms with E-state index in [0.717, 1.165) is 0 Å². The first-order valence-electron chi connectivity index (χ1n) is 4.57. The summed E-state index contributed by atoms with van der Waals surface area (Å²) in [5.41, 5.74) is -0.120. The van der Waals surface area contributed by atoms with E-state index < -0.39 is 5.97 Å². The predicted octanol–water partition coefficient (Wildman–Crippen LogP) is 0.335. The number of carboxylic acids is 1. The second-order valence-electron chi connectivity index (χ2n) is 3.44. The highest BCUT2D eigenvalue weighted by molar-refractivity contribution is 6.00. The molecule has 6 heteroatoms. The predicted molar refractivity (Wildman–Crippen MR) is 56.5 cm³/mol. The number of fused-ring (bicyclic) bond motifs is 1. The molecule has 0 aliphatic heterocycles. The first-order chi connectivity index (χ1) is 7.50. The largest absolute Gasteiger partial charge is 0.478 e. The van der Waals surface area contributed by atoms with E-state index in [4.69, 9.17) is 5.11 Å². The highest BCUT2D eigenvalue weighted by Crippen LogP contribution is 2.11. The summed E-state index contributed by atoms with van der Waals surface area (Å²) in [4.78, 5) is 30.6. The van der Waals surface area contributed by atoms with Crippen LogP contribution in [0, 0.1) is 6.92 Å². The lowest BCUT2D eigenvalue weighted by Crippen LogP contribution is -2.20. The molecule has 0 spiro atoms. The molecule has 0 saturated heterocycles. The minimum absolute atomic E-state index is 0.00241. The molecule has 2 aromatic heterocycles. The van der Waals surface area contributed by atoms with Crippen LogP contribution in [0.2, 0.25) is 0 Å². The van der Waals surface area contributed by atoms with Gasteiger partial charge in [0.15, 0.2) is 0 Å². The molecule has 0 aliphatic carbocycles. The number of nitrogens with zero attached hydrogens (tertiary/aromatic N) is 3. The molecular formula is C10H9N3O3. The van der Waals surface area contributed by atoms with Crippen LogP contribution in [0.3, 0.4) is 0 Å². The third-order valence-corrected chi connectivity index (χ3v) is 2.27. The van der Waals surface area contributed by atoms with E-state index in [2.05, 4.69) is 9.97 Å². The maximum atomic E-state index is 11.7. The molecule has 0 fully saturated rings. The van der Waals surface area contributed by atoms with Gasteiger partial charge in [-0.05, 0) is 6.92 Å². The molecule has 1 N–H and O–H groups in total.